The van der Waals surface area contributed by atoms with Gasteiger partial charge in [-0.25, -0.2) is 0 Å². The van der Waals surface area contributed by atoms with E-state index >= 15 is 0 Å². The summed E-state index contributed by atoms with van der Waals surface area (Å²) in [6, 6.07) is 5.75. The third kappa shape index (κ3) is 3.34. The van der Waals surface area contributed by atoms with E-state index in [2.05, 4.69) is 6.92 Å². The van der Waals surface area contributed by atoms with Gasteiger partial charge in [0.15, 0.2) is 0 Å². The first-order valence-electron chi connectivity index (χ1n) is 4.67. The largest absolute Gasteiger partial charge is 0.126 e. The lowest BCUT2D eigenvalue weighted by Crippen LogP contribution is -2.04. The van der Waals surface area contributed by atoms with Crippen molar-refractivity contribution in [3.63, 3.8) is 0 Å². The summed E-state index contributed by atoms with van der Waals surface area (Å²) in [5.74, 6) is 1.21. The molecule has 0 saturated carbocycles. The average Bonchev–Trinajstić information content (AvgIpc) is 2.19. The van der Waals surface area contributed by atoms with E-state index in [0.717, 1.165) is 12.8 Å². The van der Waals surface area contributed by atoms with Crippen LogP contribution in [-0.2, 0) is 6.42 Å². The van der Waals surface area contributed by atoms with E-state index in [1.807, 2.05) is 18.2 Å². The predicted octanol–water partition coefficient (Wildman–Crippen LogP) is 4.80. The molecule has 0 fully saturated rings. The zero-order chi connectivity index (χ0) is 10.6. The molecule has 0 aliphatic carbocycles. The molecule has 0 N–H and O–H groups in total. The second-order valence-corrected chi connectivity index (χ2v) is 4.50. The van der Waals surface area contributed by atoms with Crippen LogP contribution in [0.2, 0.25) is 10.0 Å². The molecule has 0 aliphatic rings. The Kier molecular flexibility index (Phi) is 5.08. The van der Waals surface area contributed by atoms with E-state index in [1.165, 1.54) is 5.56 Å². The third-order valence-corrected chi connectivity index (χ3v) is 3.48. The van der Waals surface area contributed by atoms with E-state index in [9.17, 15) is 0 Å². The monoisotopic (exact) mass is 250 g/mol. The van der Waals surface area contributed by atoms with Crippen molar-refractivity contribution in [1.29, 1.82) is 0 Å². The number of halogens is 3. The summed E-state index contributed by atoms with van der Waals surface area (Å²) >= 11 is 17.6. The maximum absolute atomic E-state index is 5.92. The molecule has 3 heteroatoms. The lowest BCUT2D eigenvalue weighted by molar-refractivity contribution is 0.567. The van der Waals surface area contributed by atoms with Gasteiger partial charge in [0, 0.05) is 5.88 Å². The molecule has 14 heavy (non-hydrogen) atoms. The van der Waals surface area contributed by atoms with Gasteiger partial charge in [-0.05, 0) is 30.0 Å². The molecule has 0 spiro atoms. The molecule has 0 bridgehead atoms. The van der Waals surface area contributed by atoms with Crippen LogP contribution in [0.1, 0.15) is 18.9 Å². The van der Waals surface area contributed by atoms with Gasteiger partial charge in [0.05, 0.1) is 10.0 Å². The Bertz CT molecular complexity index is 293. The van der Waals surface area contributed by atoms with Crippen LogP contribution in [0, 0.1) is 5.92 Å². The van der Waals surface area contributed by atoms with Gasteiger partial charge in [0.2, 0.25) is 0 Å². The SMILES string of the molecule is CCC(CCl)Cc1ccc(Cl)c(Cl)c1. The molecule has 1 aromatic carbocycles. The molecule has 1 atom stereocenters. The van der Waals surface area contributed by atoms with Crippen LogP contribution < -0.4 is 0 Å². The highest BCUT2D eigenvalue weighted by atomic mass is 35.5. The maximum Gasteiger partial charge on any atom is 0.0595 e. The van der Waals surface area contributed by atoms with Crippen LogP contribution in [-0.4, -0.2) is 5.88 Å². The Balaban J connectivity index is 2.72. The van der Waals surface area contributed by atoms with Gasteiger partial charge in [-0.2, -0.15) is 0 Å². The minimum Gasteiger partial charge on any atom is -0.126 e. The Morgan fingerprint density at radius 1 is 1.21 bits per heavy atom. The summed E-state index contributed by atoms with van der Waals surface area (Å²) in [6.07, 6.45) is 2.06. The van der Waals surface area contributed by atoms with Crippen molar-refractivity contribution in [2.24, 2.45) is 5.92 Å². The lowest BCUT2D eigenvalue weighted by Gasteiger charge is -2.11. The minimum absolute atomic E-state index is 0.522. The molecule has 78 valence electrons. The fraction of sp³-hybridized carbons (Fsp3) is 0.455. The van der Waals surface area contributed by atoms with E-state index in [1.54, 1.807) is 0 Å². The molecule has 0 saturated heterocycles. The summed E-state index contributed by atoms with van der Waals surface area (Å²) in [5.41, 5.74) is 1.20. The first-order valence-corrected chi connectivity index (χ1v) is 5.96. The predicted molar refractivity (Wildman–Crippen MR) is 64.7 cm³/mol. The molecule has 0 amide bonds. The molecule has 0 aromatic heterocycles. The number of hydrogen-bond donors (Lipinski definition) is 0. The van der Waals surface area contributed by atoms with Crippen molar-refractivity contribution in [3.8, 4) is 0 Å². The van der Waals surface area contributed by atoms with Gasteiger partial charge >= 0.3 is 0 Å². The van der Waals surface area contributed by atoms with Crippen LogP contribution in [0.15, 0.2) is 18.2 Å². The zero-order valence-electron chi connectivity index (χ0n) is 8.06. The fourth-order valence-electron chi connectivity index (χ4n) is 1.31. The summed E-state index contributed by atoms with van der Waals surface area (Å²) in [6.45, 7) is 2.14. The Morgan fingerprint density at radius 2 is 1.93 bits per heavy atom. The molecule has 0 heterocycles. The highest BCUT2D eigenvalue weighted by Gasteiger charge is 2.07. The van der Waals surface area contributed by atoms with E-state index in [0.29, 0.717) is 21.8 Å². The van der Waals surface area contributed by atoms with Crippen molar-refractivity contribution < 1.29 is 0 Å². The third-order valence-electron chi connectivity index (χ3n) is 2.30. The van der Waals surface area contributed by atoms with Crippen molar-refractivity contribution >= 4 is 34.8 Å². The molecule has 0 nitrogen and oxygen atoms in total. The average molecular weight is 252 g/mol. The normalized spacial score (nSPS) is 12.9. The van der Waals surface area contributed by atoms with Crippen molar-refractivity contribution in [1.82, 2.24) is 0 Å². The van der Waals surface area contributed by atoms with E-state index < -0.39 is 0 Å². The number of hydrogen-bond acceptors (Lipinski definition) is 0. The summed E-state index contributed by atoms with van der Waals surface area (Å²) < 4.78 is 0. The number of benzene rings is 1. The van der Waals surface area contributed by atoms with Crippen molar-refractivity contribution in [2.75, 3.05) is 5.88 Å². The number of alkyl halides is 1. The van der Waals surface area contributed by atoms with Crippen LogP contribution >= 0.6 is 34.8 Å². The van der Waals surface area contributed by atoms with Gasteiger partial charge in [-0.3, -0.25) is 0 Å². The van der Waals surface area contributed by atoms with Crippen molar-refractivity contribution in [3.05, 3.63) is 33.8 Å². The molecule has 1 unspecified atom stereocenters. The van der Waals surface area contributed by atoms with Gasteiger partial charge in [0.25, 0.3) is 0 Å². The lowest BCUT2D eigenvalue weighted by atomic mass is 9.99. The molecule has 1 aromatic rings. The number of rotatable bonds is 4. The van der Waals surface area contributed by atoms with Crippen LogP contribution in [0.4, 0.5) is 0 Å². The molecular formula is C11H13Cl3. The summed E-state index contributed by atoms with van der Waals surface area (Å²) in [5, 5.41) is 1.22. The highest BCUT2D eigenvalue weighted by Crippen LogP contribution is 2.24. The Hall–Kier alpha value is 0.0900. The van der Waals surface area contributed by atoms with Crippen LogP contribution in [0.3, 0.4) is 0 Å². The van der Waals surface area contributed by atoms with E-state index in [-0.39, 0.29) is 0 Å². The van der Waals surface area contributed by atoms with E-state index in [4.69, 9.17) is 34.8 Å². The molecule has 1 rings (SSSR count). The van der Waals surface area contributed by atoms with Crippen LogP contribution in [0.5, 0.6) is 0 Å². The van der Waals surface area contributed by atoms with Gasteiger partial charge in [-0.1, -0.05) is 42.6 Å². The molecule has 0 radical (unpaired) electrons. The van der Waals surface area contributed by atoms with Gasteiger partial charge < -0.3 is 0 Å². The second kappa shape index (κ2) is 5.85. The summed E-state index contributed by atoms with van der Waals surface area (Å²) in [7, 11) is 0. The first-order chi connectivity index (χ1) is 6.67. The molecular weight excluding hydrogens is 238 g/mol. The molecule has 0 aliphatic heterocycles. The second-order valence-electron chi connectivity index (χ2n) is 3.38. The minimum atomic E-state index is 0.522. The zero-order valence-corrected chi connectivity index (χ0v) is 10.3. The standard InChI is InChI=1S/C11H13Cl3/c1-2-8(7-12)5-9-3-4-10(13)11(14)6-9/h3-4,6,8H,2,5,7H2,1H3. The fourth-order valence-corrected chi connectivity index (χ4v) is 1.96. The maximum atomic E-state index is 5.92. The van der Waals surface area contributed by atoms with Gasteiger partial charge in [-0.15, -0.1) is 11.6 Å². The quantitative estimate of drug-likeness (QED) is 0.674. The topological polar surface area (TPSA) is 0 Å². The summed E-state index contributed by atoms with van der Waals surface area (Å²) in [4.78, 5) is 0. The smallest absolute Gasteiger partial charge is 0.0595 e. The van der Waals surface area contributed by atoms with Gasteiger partial charge in [0.1, 0.15) is 0 Å². The first kappa shape index (κ1) is 12.2. The highest BCUT2D eigenvalue weighted by molar-refractivity contribution is 6.42. The van der Waals surface area contributed by atoms with Crippen molar-refractivity contribution in [2.45, 2.75) is 19.8 Å². The Labute approximate surface area is 100 Å². The Morgan fingerprint density at radius 3 is 2.43 bits per heavy atom. The van der Waals surface area contributed by atoms with Crippen LogP contribution in [0.25, 0.3) is 0 Å².